The molecule has 9 heteroatoms. The first kappa shape index (κ1) is 20.7. The Labute approximate surface area is 183 Å². The van der Waals surface area contributed by atoms with Gasteiger partial charge in [-0.3, -0.25) is 0 Å². The number of hydrogen-bond donors (Lipinski definition) is 0. The molecule has 0 aliphatic carbocycles. The molecule has 2 aromatic heterocycles. The lowest BCUT2D eigenvalue weighted by Gasteiger charge is -2.13. The summed E-state index contributed by atoms with van der Waals surface area (Å²) >= 11 is 4.95. The van der Waals surface area contributed by atoms with Crippen LogP contribution in [0.1, 0.15) is 34.7 Å². The fraction of sp³-hybridized carbons (Fsp3) is 0.190. The molecule has 0 aliphatic heterocycles. The van der Waals surface area contributed by atoms with Crippen LogP contribution in [0.25, 0.3) is 11.4 Å². The van der Waals surface area contributed by atoms with E-state index in [0.29, 0.717) is 23.4 Å². The molecule has 0 fully saturated rings. The van der Waals surface area contributed by atoms with E-state index in [-0.39, 0.29) is 6.04 Å². The average molecular weight is 493 g/mol. The maximum Gasteiger partial charge on any atom is 0.416 e. The zero-order valence-corrected chi connectivity index (χ0v) is 18.2. The predicted octanol–water partition coefficient (Wildman–Crippen LogP) is 6.38. The molecule has 2 heterocycles. The van der Waals surface area contributed by atoms with E-state index in [2.05, 4.69) is 31.2 Å². The van der Waals surface area contributed by atoms with Crippen molar-refractivity contribution < 1.29 is 13.2 Å². The van der Waals surface area contributed by atoms with Crippen LogP contribution in [-0.4, -0.2) is 20.0 Å². The number of alkyl halides is 3. The summed E-state index contributed by atoms with van der Waals surface area (Å²) in [5, 5.41) is 11.0. The summed E-state index contributed by atoms with van der Waals surface area (Å²) in [5.74, 6) is 0. The Bertz CT molecular complexity index is 1170. The van der Waals surface area contributed by atoms with E-state index in [1.165, 1.54) is 17.4 Å². The highest BCUT2D eigenvalue weighted by molar-refractivity contribution is 9.10. The zero-order valence-electron chi connectivity index (χ0n) is 15.8. The fourth-order valence-corrected chi connectivity index (χ4v) is 4.52. The van der Waals surface area contributed by atoms with Crippen LogP contribution in [-0.2, 0) is 12.6 Å². The zero-order chi connectivity index (χ0) is 21.3. The van der Waals surface area contributed by atoms with Gasteiger partial charge in [0.25, 0.3) is 0 Å². The predicted molar refractivity (Wildman–Crippen MR) is 113 cm³/mol. The lowest BCUT2D eigenvalue weighted by atomic mass is 10.1. The van der Waals surface area contributed by atoms with Crippen molar-refractivity contribution in [2.75, 3.05) is 0 Å². The monoisotopic (exact) mass is 492 g/mol. The van der Waals surface area contributed by atoms with Crippen LogP contribution in [0, 0.1) is 0 Å². The lowest BCUT2D eigenvalue weighted by Crippen LogP contribution is -2.08. The van der Waals surface area contributed by atoms with Crippen LogP contribution in [0.15, 0.2) is 64.6 Å². The van der Waals surface area contributed by atoms with Crippen LogP contribution >= 0.6 is 27.3 Å². The SMILES string of the molecule is C[C@H](c1ccccc1Br)n1cc(-c2csc(Cc3cccc(C(F)(F)F)c3)n2)nn1. The third-order valence-electron chi connectivity index (χ3n) is 4.69. The van der Waals surface area contributed by atoms with Gasteiger partial charge in [-0.25, -0.2) is 9.67 Å². The van der Waals surface area contributed by atoms with Crippen LogP contribution < -0.4 is 0 Å². The summed E-state index contributed by atoms with van der Waals surface area (Å²) in [6.45, 7) is 2.03. The summed E-state index contributed by atoms with van der Waals surface area (Å²) < 4.78 is 41.5. The summed E-state index contributed by atoms with van der Waals surface area (Å²) in [6, 6.07) is 13.2. The second-order valence-corrected chi connectivity index (χ2v) is 8.58. The Kier molecular flexibility index (Phi) is 5.75. The molecule has 0 saturated heterocycles. The first-order valence-electron chi connectivity index (χ1n) is 9.08. The minimum absolute atomic E-state index is 0.0231. The highest BCUT2D eigenvalue weighted by Crippen LogP contribution is 2.31. The molecule has 4 aromatic rings. The molecule has 0 N–H and O–H groups in total. The Morgan fingerprint density at radius 1 is 1.10 bits per heavy atom. The maximum atomic E-state index is 12.9. The van der Waals surface area contributed by atoms with Gasteiger partial charge in [0.2, 0.25) is 0 Å². The van der Waals surface area contributed by atoms with Gasteiger partial charge in [-0.05, 0) is 30.2 Å². The molecule has 1 atom stereocenters. The quantitative estimate of drug-likeness (QED) is 0.324. The van der Waals surface area contributed by atoms with Gasteiger partial charge in [-0.1, -0.05) is 57.5 Å². The number of aromatic nitrogens is 4. The van der Waals surface area contributed by atoms with E-state index in [1.54, 1.807) is 10.7 Å². The number of rotatable bonds is 5. The number of thiazole rings is 1. The maximum absolute atomic E-state index is 12.9. The Hall–Kier alpha value is -2.52. The van der Waals surface area contributed by atoms with Crippen molar-refractivity contribution in [3.05, 3.63) is 86.3 Å². The first-order valence-corrected chi connectivity index (χ1v) is 10.8. The topological polar surface area (TPSA) is 43.6 Å². The van der Waals surface area contributed by atoms with E-state index < -0.39 is 11.7 Å². The van der Waals surface area contributed by atoms with Crippen molar-refractivity contribution in [1.82, 2.24) is 20.0 Å². The van der Waals surface area contributed by atoms with Gasteiger partial charge < -0.3 is 0 Å². The molecular formula is C21H16BrF3N4S. The van der Waals surface area contributed by atoms with E-state index in [9.17, 15) is 13.2 Å². The molecule has 0 aliphatic rings. The molecule has 0 saturated carbocycles. The summed E-state index contributed by atoms with van der Waals surface area (Å²) in [4.78, 5) is 4.54. The standard InChI is InChI=1S/C21H16BrF3N4S/c1-13(16-7-2-3-8-17(16)22)29-11-18(27-28-29)19-12-30-20(26-19)10-14-5-4-6-15(9-14)21(23,24)25/h2-9,11-13H,10H2,1H3/t13-/m1/s1. The van der Waals surface area contributed by atoms with Crippen molar-refractivity contribution in [1.29, 1.82) is 0 Å². The van der Waals surface area contributed by atoms with Crippen molar-refractivity contribution >= 4 is 27.3 Å². The van der Waals surface area contributed by atoms with Gasteiger partial charge >= 0.3 is 6.18 Å². The second-order valence-electron chi connectivity index (χ2n) is 6.78. The normalized spacial score (nSPS) is 12.8. The van der Waals surface area contributed by atoms with Gasteiger partial charge in [0.1, 0.15) is 11.4 Å². The summed E-state index contributed by atoms with van der Waals surface area (Å²) in [6.07, 6.45) is -2.20. The molecule has 4 nitrogen and oxygen atoms in total. The van der Waals surface area contributed by atoms with Crippen LogP contribution in [0.2, 0.25) is 0 Å². The van der Waals surface area contributed by atoms with Gasteiger partial charge in [0.15, 0.2) is 0 Å². The number of benzene rings is 2. The molecule has 30 heavy (non-hydrogen) atoms. The molecule has 4 rings (SSSR count). The van der Waals surface area contributed by atoms with Crippen LogP contribution in [0.4, 0.5) is 13.2 Å². The molecule has 2 aromatic carbocycles. The highest BCUT2D eigenvalue weighted by Gasteiger charge is 2.30. The molecule has 0 bridgehead atoms. The molecular weight excluding hydrogens is 477 g/mol. The van der Waals surface area contributed by atoms with Gasteiger partial charge in [-0.15, -0.1) is 16.4 Å². The molecule has 0 radical (unpaired) electrons. The van der Waals surface area contributed by atoms with E-state index in [1.807, 2.05) is 42.8 Å². The highest BCUT2D eigenvalue weighted by atomic mass is 79.9. The van der Waals surface area contributed by atoms with E-state index in [4.69, 9.17) is 0 Å². The Morgan fingerprint density at radius 2 is 1.90 bits per heavy atom. The van der Waals surface area contributed by atoms with Crippen molar-refractivity contribution in [2.24, 2.45) is 0 Å². The third-order valence-corrected chi connectivity index (χ3v) is 6.26. The molecule has 0 spiro atoms. The number of halogens is 4. The largest absolute Gasteiger partial charge is 0.416 e. The average Bonchev–Trinajstić information content (AvgIpc) is 3.37. The third kappa shape index (κ3) is 4.46. The Morgan fingerprint density at radius 3 is 2.67 bits per heavy atom. The first-order chi connectivity index (χ1) is 14.3. The number of hydrogen-bond acceptors (Lipinski definition) is 4. The second kappa shape index (κ2) is 8.31. The van der Waals surface area contributed by atoms with E-state index >= 15 is 0 Å². The molecule has 154 valence electrons. The van der Waals surface area contributed by atoms with Crippen LogP contribution in [0.5, 0.6) is 0 Å². The molecule has 0 amide bonds. The Balaban J connectivity index is 1.52. The fourth-order valence-electron chi connectivity index (χ4n) is 3.08. The van der Waals surface area contributed by atoms with E-state index in [0.717, 1.165) is 27.2 Å². The minimum Gasteiger partial charge on any atom is -0.245 e. The summed E-state index contributed by atoms with van der Waals surface area (Å²) in [7, 11) is 0. The molecule has 0 unspecified atom stereocenters. The van der Waals surface area contributed by atoms with Crippen molar-refractivity contribution in [3.8, 4) is 11.4 Å². The smallest absolute Gasteiger partial charge is 0.245 e. The van der Waals surface area contributed by atoms with Gasteiger partial charge in [0.05, 0.1) is 22.8 Å². The van der Waals surface area contributed by atoms with Gasteiger partial charge in [0, 0.05) is 16.3 Å². The summed E-state index contributed by atoms with van der Waals surface area (Å²) in [5.41, 5.74) is 2.28. The van der Waals surface area contributed by atoms with Crippen molar-refractivity contribution in [2.45, 2.75) is 25.6 Å². The van der Waals surface area contributed by atoms with Crippen LogP contribution in [0.3, 0.4) is 0 Å². The van der Waals surface area contributed by atoms with Gasteiger partial charge in [-0.2, -0.15) is 13.2 Å². The number of nitrogens with zero attached hydrogens (tertiary/aromatic N) is 4. The minimum atomic E-state index is -4.35. The van der Waals surface area contributed by atoms with Crippen molar-refractivity contribution in [3.63, 3.8) is 0 Å². The lowest BCUT2D eigenvalue weighted by molar-refractivity contribution is -0.137.